The Hall–Kier alpha value is -1.60. The molecule has 110 valence electrons. The Labute approximate surface area is 121 Å². The lowest BCUT2D eigenvalue weighted by Crippen LogP contribution is -2.40. The first-order valence-corrected chi connectivity index (χ1v) is 7.40. The van der Waals surface area contributed by atoms with Crippen molar-refractivity contribution >= 4 is 23.3 Å². The molecule has 1 aliphatic heterocycles. The average molecular weight is 298 g/mol. The lowest BCUT2D eigenvalue weighted by Gasteiger charge is -2.15. The van der Waals surface area contributed by atoms with Gasteiger partial charge in [-0.3, -0.25) is 0 Å². The van der Waals surface area contributed by atoms with Crippen molar-refractivity contribution in [1.82, 2.24) is 10.6 Å². The molecule has 1 saturated heterocycles. The second kappa shape index (κ2) is 6.71. The number of thiophene rings is 1. The van der Waals surface area contributed by atoms with Gasteiger partial charge in [-0.2, -0.15) is 0 Å². The van der Waals surface area contributed by atoms with E-state index in [-0.39, 0.29) is 18.2 Å². The number of urea groups is 1. The van der Waals surface area contributed by atoms with Crippen LogP contribution in [0.4, 0.5) is 4.79 Å². The summed E-state index contributed by atoms with van der Waals surface area (Å²) >= 11 is 1.59. The topological polar surface area (TPSA) is 87.7 Å². The summed E-state index contributed by atoms with van der Waals surface area (Å²) in [5.41, 5.74) is 0. The summed E-state index contributed by atoms with van der Waals surface area (Å²) in [5, 5.41) is 16.3. The van der Waals surface area contributed by atoms with Gasteiger partial charge >= 0.3 is 12.0 Å². The second-order valence-corrected chi connectivity index (χ2v) is 5.73. The second-order valence-electron chi connectivity index (χ2n) is 4.75. The van der Waals surface area contributed by atoms with E-state index < -0.39 is 12.1 Å². The highest BCUT2D eigenvalue weighted by atomic mass is 32.1. The molecule has 1 aliphatic rings. The maximum atomic E-state index is 11.7. The van der Waals surface area contributed by atoms with Crippen molar-refractivity contribution < 1.29 is 19.4 Å². The van der Waals surface area contributed by atoms with E-state index in [0.29, 0.717) is 19.4 Å². The number of rotatable bonds is 5. The third-order valence-electron chi connectivity index (χ3n) is 3.19. The van der Waals surface area contributed by atoms with Crippen LogP contribution < -0.4 is 10.6 Å². The molecule has 3 unspecified atom stereocenters. The minimum absolute atomic E-state index is 0.0498. The van der Waals surface area contributed by atoms with Gasteiger partial charge in [0.1, 0.15) is 0 Å². The van der Waals surface area contributed by atoms with Crippen LogP contribution in [0.1, 0.15) is 30.7 Å². The third kappa shape index (κ3) is 3.94. The maximum absolute atomic E-state index is 11.7. The summed E-state index contributed by atoms with van der Waals surface area (Å²) in [4.78, 5) is 23.6. The third-order valence-corrected chi connectivity index (χ3v) is 4.25. The smallest absolute Gasteiger partial charge is 0.332 e. The van der Waals surface area contributed by atoms with Crippen molar-refractivity contribution in [2.75, 3.05) is 6.54 Å². The first kappa shape index (κ1) is 14.8. The van der Waals surface area contributed by atoms with Crippen LogP contribution in [-0.2, 0) is 9.53 Å². The molecule has 7 heteroatoms. The highest BCUT2D eigenvalue weighted by Gasteiger charge is 2.30. The number of carbonyl (C=O) groups excluding carboxylic acids is 1. The number of carboxylic acids is 1. The Morgan fingerprint density at radius 2 is 2.35 bits per heavy atom. The van der Waals surface area contributed by atoms with Gasteiger partial charge in [0, 0.05) is 11.4 Å². The van der Waals surface area contributed by atoms with Gasteiger partial charge in [-0.05, 0) is 31.2 Å². The van der Waals surface area contributed by atoms with Gasteiger partial charge in [-0.15, -0.1) is 11.3 Å². The lowest BCUT2D eigenvalue weighted by atomic mass is 10.2. The summed E-state index contributed by atoms with van der Waals surface area (Å²) in [6, 6.07) is 3.58. The molecule has 2 heterocycles. The van der Waals surface area contributed by atoms with Crippen LogP contribution in [0.15, 0.2) is 17.5 Å². The van der Waals surface area contributed by atoms with Gasteiger partial charge in [-0.1, -0.05) is 6.07 Å². The zero-order valence-electron chi connectivity index (χ0n) is 11.2. The van der Waals surface area contributed by atoms with E-state index in [0.717, 1.165) is 4.88 Å². The van der Waals surface area contributed by atoms with Gasteiger partial charge in [0.05, 0.1) is 12.1 Å². The number of carbonyl (C=O) groups is 2. The Morgan fingerprint density at radius 1 is 1.55 bits per heavy atom. The number of carboxylic acid groups (broad SMARTS) is 1. The van der Waals surface area contributed by atoms with Crippen LogP contribution in [0, 0.1) is 0 Å². The maximum Gasteiger partial charge on any atom is 0.332 e. The van der Waals surface area contributed by atoms with Crippen molar-refractivity contribution in [3.63, 3.8) is 0 Å². The van der Waals surface area contributed by atoms with Crippen molar-refractivity contribution in [2.24, 2.45) is 0 Å². The normalized spacial score (nSPS) is 23.2. The Balaban J connectivity index is 1.69. The Kier molecular flexibility index (Phi) is 4.97. The molecule has 3 N–H and O–H groups in total. The first-order chi connectivity index (χ1) is 9.56. The fourth-order valence-electron chi connectivity index (χ4n) is 2.10. The van der Waals surface area contributed by atoms with Crippen LogP contribution in [0.3, 0.4) is 0 Å². The monoisotopic (exact) mass is 298 g/mol. The molecule has 1 aromatic heterocycles. The molecule has 0 bridgehead atoms. The average Bonchev–Trinajstić information content (AvgIpc) is 3.07. The van der Waals surface area contributed by atoms with Crippen LogP contribution in [0.5, 0.6) is 0 Å². The molecular formula is C13H18N2O4S. The molecule has 0 spiro atoms. The summed E-state index contributed by atoms with van der Waals surface area (Å²) < 4.78 is 5.31. The van der Waals surface area contributed by atoms with E-state index in [4.69, 9.17) is 9.84 Å². The van der Waals surface area contributed by atoms with E-state index in [2.05, 4.69) is 10.6 Å². The number of hydrogen-bond donors (Lipinski definition) is 3. The van der Waals surface area contributed by atoms with E-state index >= 15 is 0 Å². The molecule has 0 aliphatic carbocycles. The molecular weight excluding hydrogens is 280 g/mol. The fraction of sp³-hybridized carbons (Fsp3) is 0.538. The predicted molar refractivity (Wildman–Crippen MR) is 74.8 cm³/mol. The molecule has 1 fully saturated rings. The summed E-state index contributed by atoms with van der Waals surface area (Å²) in [5.74, 6) is -0.941. The number of amides is 2. The van der Waals surface area contributed by atoms with E-state index in [1.54, 1.807) is 11.3 Å². The largest absolute Gasteiger partial charge is 0.479 e. The molecule has 2 rings (SSSR count). The first-order valence-electron chi connectivity index (χ1n) is 6.52. The predicted octanol–water partition coefficient (Wildman–Crippen LogP) is 1.74. The van der Waals surface area contributed by atoms with Crippen LogP contribution in [-0.4, -0.2) is 35.9 Å². The zero-order chi connectivity index (χ0) is 14.5. The molecule has 20 heavy (non-hydrogen) atoms. The summed E-state index contributed by atoms with van der Waals surface area (Å²) in [7, 11) is 0. The summed E-state index contributed by atoms with van der Waals surface area (Å²) in [6.45, 7) is 2.24. The Morgan fingerprint density at radius 3 is 2.95 bits per heavy atom. The lowest BCUT2D eigenvalue weighted by molar-refractivity contribution is -0.149. The van der Waals surface area contributed by atoms with E-state index in [1.807, 2.05) is 24.4 Å². The fourth-order valence-corrected chi connectivity index (χ4v) is 2.83. The molecule has 3 atom stereocenters. The molecule has 0 aromatic carbocycles. The highest BCUT2D eigenvalue weighted by Crippen LogP contribution is 2.19. The summed E-state index contributed by atoms with van der Waals surface area (Å²) in [6.07, 6.45) is 0.181. The number of nitrogens with one attached hydrogen (secondary N) is 2. The van der Waals surface area contributed by atoms with Crippen molar-refractivity contribution in [3.05, 3.63) is 22.4 Å². The van der Waals surface area contributed by atoms with Crippen LogP contribution in [0.2, 0.25) is 0 Å². The Bertz CT molecular complexity index is 463. The minimum atomic E-state index is -0.941. The van der Waals surface area contributed by atoms with Crippen LogP contribution >= 0.6 is 11.3 Å². The highest BCUT2D eigenvalue weighted by molar-refractivity contribution is 7.10. The van der Waals surface area contributed by atoms with Gasteiger partial charge in [-0.25, -0.2) is 9.59 Å². The van der Waals surface area contributed by atoms with E-state index in [1.165, 1.54) is 0 Å². The molecule has 2 amide bonds. The number of aliphatic carboxylic acids is 1. The SMILES string of the molecule is CC(NC(=O)NCC1CCC(C(=O)O)O1)c1cccs1. The standard InChI is InChI=1S/C13H18N2O4S/c1-8(11-3-2-6-20-11)15-13(18)14-7-9-4-5-10(19-9)12(16)17/h2-3,6,8-10H,4-5,7H2,1H3,(H,16,17)(H2,14,15,18). The molecule has 1 aromatic rings. The zero-order valence-corrected chi connectivity index (χ0v) is 12.0. The molecule has 6 nitrogen and oxygen atoms in total. The molecule has 0 saturated carbocycles. The van der Waals surface area contributed by atoms with Gasteiger partial charge < -0.3 is 20.5 Å². The van der Waals surface area contributed by atoms with Gasteiger partial charge in [0.15, 0.2) is 6.10 Å². The van der Waals surface area contributed by atoms with Crippen molar-refractivity contribution in [2.45, 2.75) is 38.0 Å². The number of ether oxygens (including phenoxy) is 1. The molecule has 0 radical (unpaired) electrons. The van der Waals surface area contributed by atoms with Gasteiger partial charge in [0.2, 0.25) is 0 Å². The van der Waals surface area contributed by atoms with E-state index in [9.17, 15) is 9.59 Å². The minimum Gasteiger partial charge on any atom is -0.479 e. The van der Waals surface area contributed by atoms with Crippen molar-refractivity contribution in [3.8, 4) is 0 Å². The van der Waals surface area contributed by atoms with Crippen molar-refractivity contribution in [1.29, 1.82) is 0 Å². The quantitative estimate of drug-likeness (QED) is 0.772. The van der Waals surface area contributed by atoms with Crippen LogP contribution in [0.25, 0.3) is 0 Å². The number of hydrogen-bond acceptors (Lipinski definition) is 4. The van der Waals surface area contributed by atoms with Gasteiger partial charge in [0.25, 0.3) is 0 Å².